The van der Waals surface area contributed by atoms with Crippen LogP contribution in [0.4, 0.5) is 10.8 Å². The highest BCUT2D eigenvalue weighted by molar-refractivity contribution is 7.14. The summed E-state index contributed by atoms with van der Waals surface area (Å²) in [4.78, 5) is 97.5. The van der Waals surface area contributed by atoms with Crippen LogP contribution in [0.25, 0.3) is 11.3 Å². The molecule has 7 amide bonds. The Bertz CT molecular complexity index is 2630. The number of carbonyl (C=O) groups excluding carboxylic acids is 7. The lowest BCUT2D eigenvalue weighted by molar-refractivity contribution is -0.136. The fraction of sp³-hybridized carbons (Fsp3) is 0.319. The van der Waals surface area contributed by atoms with Crippen molar-refractivity contribution in [2.45, 2.75) is 63.9 Å². The minimum atomic E-state index is -1.04. The molecular formula is C47H48N8O9S. The number of hydrogen-bond donors (Lipinski definition) is 4. The van der Waals surface area contributed by atoms with Crippen LogP contribution in [-0.4, -0.2) is 107 Å². The number of fused-ring (bicyclic) bond motifs is 1. The van der Waals surface area contributed by atoms with Crippen LogP contribution >= 0.6 is 11.3 Å². The monoisotopic (exact) mass is 900 g/mol. The Kier molecular flexibility index (Phi) is 13.0. The van der Waals surface area contributed by atoms with E-state index in [1.807, 2.05) is 72.1 Å². The molecule has 2 aromatic heterocycles. The van der Waals surface area contributed by atoms with Crippen molar-refractivity contribution in [3.63, 3.8) is 0 Å². The Hall–Kier alpha value is -7.02. The minimum absolute atomic E-state index is 0.0512. The molecule has 336 valence electrons. The van der Waals surface area contributed by atoms with Gasteiger partial charge in [0.05, 0.1) is 48.3 Å². The third-order valence-corrected chi connectivity index (χ3v) is 12.1. The van der Waals surface area contributed by atoms with Gasteiger partial charge in [0.15, 0.2) is 5.13 Å². The number of hydrogen-bond acceptors (Lipinski definition) is 12. The number of imide groups is 2. The van der Waals surface area contributed by atoms with Crippen molar-refractivity contribution in [3.8, 4) is 11.3 Å². The van der Waals surface area contributed by atoms with Crippen LogP contribution in [0, 0.1) is 0 Å². The third kappa shape index (κ3) is 10.2. The van der Waals surface area contributed by atoms with Gasteiger partial charge in [0.25, 0.3) is 29.5 Å². The molecule has 0 radical (unpaired) electrons. The number of thiazole rings is 1. The molecular weight excluding hydrogens is 853 g/mol. The maximum atomic E-state index is 13.6. The van der Waals surface area contributed by atoms with Crippen molar-refractivity contribution >= 4 is 63.5 Å². The smallest absolute Gasteiger partial charge is 0.262 e. The molecule has 2 atom stereocenters. The Morgan fingerprint density at radius 1 is 0.908 bits per heavy atom. The van der Waals surface area contributed by atoms with Gasteiger partial charge in [0, 0.05) is 66.2 Å². The number of rotatable bonds is 16. The zero-order chi connectivity index (χ0) is 45.8. The molecule has 5 aromatic rings. The van der Waals surface area contributed by atoms with E-state index in [4.69, 9.17) is 9.47 Å². The number of ether oxygens (including phenoxy) is 2. The van der Waals surface area contributed by atoms with Crippen LogP contribution in [0.3, 0.4) is 0 Å². The first kappa shape index (κ1) is 44.6. The molecule has 0 bridgehead atoms. The highest BCUT2D eigenvalue weighted by Crippen LogP contribution is 2.32. The predicted octanol–water partition coefficient (Wildman–Crippen LogP) is 4.36. The van der Waals surface area contributed by atoms with Crippen molar-refractivity contribution in [2.75, 3.05) is 43.1 Å². The van der Waals surface area contributed by atoms with Crippen LogP contribution in [0.15, 0.2) is 96.6 Å². The molecule has 3 aliphatic rings. The van der Waals surface area contributed by atoms with Crippen molar-refractivity contribution in [1.29, 1.82) is 0 Å². The fourth-order valence-electron chi connectivity index (χ4n) is 7.59. The lowest BCUT2D eigenvalue weighted by Crippen LogP contribution is -2.54. The standard InChI is InChI=1S/C47H48N8O9S/c1-47(2,3)54-19-17-31(22-54)41(58)49-36(42(59)52-46-50-37(27-65-46)29-7-5-4-6-8-29)26-63-25-28-9-11-30(12-10-28)40(57)48-18-20-64-33-23-53(24-33)32-13-14-34-35(21-32)45(62)55(44(34)61)38-15-16-39(56)51-43(38)60/h4-14,17,19,21-22,27,33,36,38H,15-16,18,20,23-26H2,1-3H3,(H,48,57)(H,49,58)(H,50,52,59)(H,51,56,60). The second-order valence-corrected chi connectivity index (χ2v) is 17.8. The first-order chi connectivity index (χ1) is 31.2. The summed E-state index contributed by atoms with van der Waals surface area (Å²) in [6, 6.07) is 21.1. The lowest BCUT2D eigenvalue weighted by atomic mass is 10.0. The van der Waals surface area contributed by atoms with Gasteiger partial charge in [-0.05, 0) is 69.2 Å². The summed E-state index contributed by atoms with van der Waals surface area (Å²) >= 11 is 1.28. The van der Waals surface area contributed by atoms with Gasteiger partial charge < -0.3 is 34.9 Å². The first-order valence-electron chi connectivity index (χ1n) is 21.2. The molecule has 3 aliphatic heterocycles. The van der Waals surface area contributed by atoms with E-state index in [9.17, 15) is 33.6 Å². The number of benzene rings is 3. The third-order valence-electron chi connectivity index (χ3n) is 11.3. The van der Waals surface area contributed by atoms with Gasteiger partial charge in [-0.15, -0.1) is 11.3 Å². The second-order valence-electron chi connectivity index (χ2n) is 16.9. The van der Waals surface area contributed by atoms with Gasteiger partial charge in [-0.2, -0.15) is 0 Å². The minimum Gasteiger partial charge on any atom is -0.374 e. The zero-order valence-electron chi connectivity index (χ0n) is 36.0. The number of nitrogens with one attached hydrogen (secondary N) is 4. The summed E-state index contributed by atoms with van der Waals surface area (Å²) < 4.78 is 13.8. The zero-order valence-corrected chi connectivity index (χ0v) is 36.8. The van der Waals surface area contributed by atoms with Gasteiger partial charge in [-0.25, -0.2) is 4.98 Å². The Labute approximate surface area is 378 Å². The SMILES string of the molecule is CC(C)(C)n1ccc(C(=O)NC(COCc2ccc(C(=O)NCCOC3CN(c4ccc5c(c4)C(=O)N(C4CCC(=O)NC4=O)C5=O)C3)cc2)C(=O)Nc2nc(-c3ccccc3)cs2)c1. The summed E-state index contributed by atoms with van der Waals surface area (Å²) in [6.45, 7) is 7.69. The molecule has 0 spiro atoms. The molecule has 8 rings (SSSR count). The quantitative estimate of drug-likeness (QED) is 0.0808. The van der Waals surface area contributed by atoms with Crippen LogP contribution in [0.2, 0.25) is 0 Å². The van der Waals surface area contributed by atoms with E-state index in [1.165, 1.54) is 11.3 Å². The van der Waals surface area contributed by atoms with Gasteiger partial charge in [-0.3, -0.25) is 43.8 Å². The van der Waals surface area contributed by atoms with Crippen molar-refractivity contribution in [3.05, 3.63) is 124 Å². The molecule has 2 saturated heterocycles. The second kappa shape index (κ2) is 19.0. The Balaban J connectivity index is 0.781. The predicted molar refractivity (Wildman–Crippen MR) is 240 cm³/mol. The lowest BCUT2D eigenvalue weighted by Gasteiger charge is -2.40. The molecule has 18 heteroatoms. The summed E-state index contributed by atoms with van der Waals surface area (Å²) in [7, 11) is 0. The number of aromatic nitrogens is 2. The topological polar surface area (TPSA) is 210 Å². The summed E-state index contributed by atoms with van der Waals surface area (Å²) in [6.07, 6.45) is 3.59. The molecule has 65 heavy (non-hydrogen) atoms. The summed E-state index contributed by atoms with van der Waals surface area (Å²) in [5.74, 6) is -3.38. The number of anilines is 2. The largest absolute Gasteiger partial charge is 0.374 e. The van der Waals surface area contributed by atoms with E-state index in [-0.39, 0.29) is 67.9 Å². The molecule has 5 heterocycles. The summed E-state index contributed by atoms with van der Waals surface area (Å²) in [5.41, 5.74) is 4.17. The van der Waals surface area contributed by atoms with Gasteiger partial charge in [0.1, 0.15) is 12.1 Å². The van der Waals surface area contributed by atoms with Crippen LogP contribution < -0.4 is 26.2 Å². The van der Waals surface area contributed by atoms with E-state index in [1.54, 1.807) is 54.7 Å². The fourth-order valence-corrected chi connectivity index (χ4v) is 8.31. The highest BCUT2D eigenvalue weighted by Gasteiger charge is 2.45. The van der Waals surface area contributed by atoms with E-state index < -0.39 is 47.5 Å². The number of nitrogens with zero attached hydrogens (tertiary/aromatic N) is 4. The summed E-state index contributed by atoms with van der Waals surface area (Å²) in [5, 5.41) is 12.9. The van der Waals surface area contributed by atoms with Crippen LogP contribution in [-0.2, 0) is 36.0 Å². The first-order valence-corrected chi connectivity index (χ1v) is 22.1. The average Bonchev–Trinajstić information content (AvgIpc) is 4.02. The maximum absolute atomic E-state index is 13.6. The van der Waals surface area contributed by atoms with E-state index in [0.29, 0.717) is 29.3 Å². The molecule has 2 unspecified atom stereocenters. The molecule has 3 aromatic carbocycles. The molecule has 4 N–H and O–H groups in total. The molecule has 0 aliphatic carbocycles. The van der Waals surface area contributed by atoms with Crippen molar-refractivity contribution in [2.24, 2.45) is 0 Å². The maximum Gasteiger partial charge on any atom is 0.262 e. The molecule has 2 fully saturated rings. The average molecular weight is 901 g/mol. The van der Waals surface area contributed by atoms with Crippen molar-refractivity contribution in [1.82, 2.24) is 30.4 Å². The van der Waals surface area contributed by atoms with E-state index >= 15 is 0 Å². The van der Waals surface area contributed by atoms with Gasteiger partial charge in [-0.1, -0.05) is 42.5 Å². The van der Waals surface area contributed by atoms with E-state index in [2.05, 4.69) is 26.3 Å². The Morgan fingerprint density at radius 2 is 1.66 bits per heavy atom. The van der Waals surface area contributed by atoms with E-state index in [0.717, 1.165) is 27.4 Å². The number of carbonyl (C=O) groups is 7. The van der Waals surface area contributed by atoms with Crippen LogP contribution in [0.5, 0.6) is 0 Å². The highest BCUT2D eigenvalue weighted by atomic mass is 32.1. The van der Waals surface area contributed by atoms with Crippen molar-refractivity contribution < 1.29 is 43.0 Å². The van der Waals surface area contributed by atoms with Gasteiger partial charge in [0.2, 0.25) is 11.8 Å². The number of piperidine rings is 1. The molecule has 0 saturated carbocycles. The van der Waals surface area contributed by atoms with Gasteiger partial charge >= 0.3 is 0 Å². The van der Waals surface area contributed by atoms with Crippen LogP contribution in [0.1, 0.15) is 80.6 Å². The normalized spacial score (nSPS) is 16.8. The number of amides is 7. The molecule has 17 nitrogen and oxygen atoms in total. The Morgan fingerprint density at radius 3 is 2.38 bits per heavy atom.